The van der Waals surface area contributed by atoms with E-state index >= 15 is 0 Å². The summed E-state index contributed by atoms with van der Waals surface area (Å²) >= 11 is 1.78. The van der Waals surface area contributed by atoms with Gasteiger partial charge in [-0.2, -0.15) is 0 Å². The van der Waals surface area contributed by atoms with Gasteiger partial charge in [-0.05, 0) is 63.1 Å². The molecule has 1 saturated carbocycles. The van der Waals surface area contributed by atoms with Crippen LogP contribution in [0.4, 0.5) is 0 Å². The molecule has 0 radical (unpaired) electrons. The van der Waals surface area contributed by atoms with Crippen LogP contribution in [0, 0.1) is 5.92 Å². The van der Waals surface area contributed by atoms with Crippen molar-refractivity contribution in [3.8, 4) is 0 Å². The molecule has 29 heavy (non-hydrogen) atoms. The van der Waals surface area contributed by atoms with Crippen molar-refractivity contribution in [2.24, 2.45) is 10.9 Å². The fourth-order valence-corrected chi connectivity index (χ4v) is 5.61. The highest BCUT2D eigenvalue weighted by Gasteiger charge is 2.24. The molecule has 9 heteroatoms. The van der Waals surface area contributed by atoms with Crippen LogP contribution in [0.25, 0.3) is 0 Å². The molecule has 1 atom stereocenters. The zero-order valence-corrected chi connectivity index (χ0v) is 19.0. The summed E-state index contributed by atoms with van der Waals surface area (Å²) in [5.41, 5.74) is 0. The van der Waals surface area contributed by atoms with Gasteiger partial charge < -0.3 is 10.6 Å². The quantitative estimate of drug-likeness (QED) is 0.362. The van der Waals surface area contributed by atoms with E-state index in [0.717, 1.165) is 32.5 Å². The molecule has 7 nitrogen and oxygen atoms in total. The number of nitrogens with one attached hydrogen (secondary N) is 3. The molecule has 1 aromatic heterocycles. The Morgan fingerprint density at radius 1 is 1.28 bits per heavy atom. The van der Waals surface area contributed by atoms with Crippen molar-refractivity contribution < 1.29 is 8.42 Å². The molecule has 0 spiro atoms. The second-order valence-electron chi connectivity index (χ2n) is 7.88. The molecule has 2 heterocycles. The van der Waals surface area contributed by atoms with Gasteiger partial charge in [-0.1, -0.05) is 12.5 Å². The highest BCUT2D eigenvalue weighted by Crippen LogP contribution is 2.28. The van der Waals surface area contributed by atoms with E-state index in [9.17, 15) is 8.42 Å². The molecule has 1 saturated heterocycles. The number of thiophene rings is 1. The second-order valence-corrected chi connectivity index (χ2v) is 10.8. The van der Waals surface area contributed by atoms with Crippen molar-refractivity contribution in [3.05, 3.63) is 22.4 Å². The maximum atomic E-state index is 12.2. The van der Waals surface area contributed by atoms with Crippen molar-refractivity contribution in [2.75, 3.05) is 45.0 Å². The van der Waals surface area contributed by atoms with Crippen molar-refractivity contribution in [2.45, 2.75) is 45.1 Å². The first-order valence-corrected chi connectivity index (χ1v) is 13.4. The zero-order chi connectivity index (χ0) is 20.5. The van der Waals surface area contributed by atoms with Crippen molar-refractivity contribution in [3.63, 3.8) is 0 Å². The number of hydrogen-bond acceptors (Lipinski definition) is 5. The van der Waals surface area contributed by atoms with E-state index < -0.39 is 10.0 Å². The van der Waals surface area contributed by atoms with Gasteiger partial charge in [-0.25, -0.2) is 13.1 Å². The predicted molar refractivity (Wildman–Crippen MR) is 121 cm³/mol. The summed E-state index contributed by atoms with van der Waals surface area (Å²) in [6.45, 7) is 6.59. The number of nitrogens with zero attached hydrogens (tertiary/aromatic N) is 2. The van der Waals surface area contributed by atoms with Crippen LogP contribution < -0.4 is 15.4 Å². The van der Waals surface area contributed by atoms with Gasteiger partial charge in [0.05, 0.1) is 18.3 Å². The third-order valence-corrected chi connectivity index (χ3v) is 8.02. The van der Waals surface area contributed by atoms with Crippen LogP contribution in [0.1, 0.15) is 49.9 Å². The Bertz CT molecular complexity index is 726. The summed E-state index contributed by atoms with van der Waals surface area (Å²) in [7, 11) is -3.25. The van der Waals surface area contributed by atoms with Crippen LogP contribution in [0.5, 0.6) is 0 Å². The lowest BCUT2D eigenvalue weighted by Gasteiger charge is -2.26. The van der Waals surface area contributed by atoms with E-state index in [0.29, 0.717) is 37.6 Å². The zero-order valence-electron chi connectivity index (χ0n) is 17.4. The minimum Gasteiger partial charge on any atom is -0.357 e. The first-order valence-electron chi connectivity index (χ1n) is 10.8. The van der Waals surface area contributed by atoms with E-state index in [4.69, 9.17) is 4.99 Å². The Balaban J connectivity index is 1.51. The number of hydrogen-bond donors (Lipinski definition) is 3. The summed E-state index contributed by atoms with van der Waals surface area (Å²) in [5.74, 6) is 1.27. The predicted octanol–water partition coefficient (Wildman–Crippen LogP) is 2.16. The first-order chi connectivity index (χ1) is 14.1. The standard InChI is InChI=1S/C20H35N5O2S2/c1-2-21-20(22-10-14-29(26,27)24-15-17-7-5-8-17)23-16-18(19-9-6-13-28-19)25-11-3-4-12-25/h6,9,13,17-18,24H,2-5,7-8,10-12,14-16H2,1H3,(H2,21,22,23). The molecule has 3 rings (SSSR count). The Morgan fingerprint density at radius 2 is 2.07 bits per heavy atom. The summed E-state index contributed by atoms with van der Waals surface area (Å²) in [5, 5.41) is 8.54. The second kappa shape index (κ2) is 11.3. The van der Waals surface area contributed by atoms with Gasteiger partial charge in [0.2, 0.25) is 10.0 Å². The van der Waals surface area contributed by atoms with Crippen LogP contribution >= 0.6 is 11.3 Å². The van der Waals surface area contributed by atoms with Gasteiger partial charge in [0.25, 0.3) is 0 Å². The van der Waals surface area contributed by atoms with E-state index in [1.54, 1.807) is 11.3 Å². The molecule has 0 bridgehead atoms. The molecule has 1 aliphatic heterocycles. The fraction of sp³-hybridized carbons (Fsp3) is 0.750. The highest BCUT2D eigenvalue weighted by atomic mass is 32.2. The smallest absolute Gasteiger partial charge is 0.213 e. The van der Waals surface area contributed by atoms with Crippen LogP contribution in [0.15, 0.2) is 22.5 Å². The summed E-state index contributed by atoms with van der Waals surface area (Å²) < 4.78 is 27.1. The van der Waals surface area contributed by atoms with Crippen molar-refractivity contribution in [1.82, 2.24) is 20.3 Å². The minimum absolute atomic E-state index is 0.0601. The van der Waals surface area contributed by atoms with Gasteiger partial charge in [-0.15, -0.1) is 11.3 Å². The van der Waals surface area contributed by atoms with E-state index in [2.05, 4.69) is 37.8 Å². The van der Waals surface area contributed by atoms with Crippen LogP contribution in [0.3, 0.4) is 0 Å². The normalized spacial score (nSPS) is 19.8. The Hall–Kier alpha value is -1.16. The summed E-state index contributed by atoms with van der Waals surface area (Å²) in [6, 6.07) is 4.57. The molecule has 0 aromatic carbocycles. The molecular formula is C20H35N5O2S2. The van der Waals surface area contributed by atoms with Crippen molar-refractivity contribution >= 4 is 27.3 Å². The molecule has 0 amide bonds. The molecule has 2 fully saturated rings. The number of likely N-dealkylation sites (tertiary alicyclic amines) is 1. The number of sulfonamides is 1. The van der Waals surface area contributed by atoms with Gasteiger partial charge in [-0.3, -0.25) is 9.89 Å². The van der Waals surface area contributed by atoms with Gasteiger partial charge in [0, 0.05) is 24.5 Å². The SMILES string of the molecule is CCNC(=NCC(c1cccs1)N1CCCC1)NCCS(=O)(=O)NCC1CCC1. The maximum absolute atomic E-state index is 12.2. The maximum Gasteiger partial charge on any atom is 0.213 e. The lowest BCUT2D eigenvalue weighted by Crippen LogP contribution is -2.42. The molecule has 2 aliphatic rings. The largest absolute Gasteiger partial charge is 0.357 e. The van der Waals surface area contributed by atoms with Crippen molar-refractivity contribution in [1.29, 1.82) is 0 Å². The lowest BCUT2D eigenvalue weighted by atomic mass is 9.86. The average Bonchev–Trinajstić information content (AvgIpc) is 3.35. The Morgan fingerprint density at radius 3 is 2.69 bits per heavy atom. The van der Waals surface area contributed by atoms with Gasteiger partial charge in [0.15, 0.2) is 5.96 Å². The molecule has 1 unspecified atom stereocenters. The number of aliphatic imine (C=N–C) groups is 1. The summed E-state index contributed by atoms with van der Waals surface area (Å²) in [6.07, 6.45) is 5.99. The summed E-state index contributed by atoms with van der Waals surface area (Å²) in [4.78, 5) is 8.62. The van der Waals surface area contributed by atoms with Crippen LogP contribution in [0.2, 0.25) is 0 Å². The molecule has 1 aliphatic carbocycles. The molecule has 1 aromatic rings. The van der Waals surface area contributed by atoms with Crippen LogP contribution in [-0.4, -0.2) is 64.3 Å². The lowest BCUT2D eigenvalue weighted by molar-refractivity contribution is 0.255. The molecule has 164 valence electrons. The van der Waals surface area contributed by atoms with E-state index in [1.165, 1.54) is 24.1 Å². The fourth-order valence-electron chi connectivity index (χ4n) is 3.76. The topological polar surface area (TPSA) is 85.8 Å². The van der Waals surface area contributed by atoms with E-state index in [-0.39, 0.29) is 5.75 Å². The van der Waals surface area contributed by atoms with Gasteiger partial charge in [0.1, 0.15) is 0 Å². The monoisotopic (exact) mass is 441 g/mol. The molecular weight excluding hydrogens is 406 g/mol. The third-order valence-electron chi connectivity index (χ3n) is 5.70. The third kappa shape index (κ3) is 7.24. The van der Waals surface area contributed by atoms with E-state index in [1.807, 2.05) is 6.92 Å². The first kappa shape index (κ1) is 22.5. The van der Waals surface area contributed by atoms with Gasteiger partial charge >= 0.3 is 0 Å². The minimum atomic E-state index is -3.25. The molecule has 3 N–H and O–H groups in total. The van der Waals surface area contributed by atoms with Crippen LogP contribution in [-0.2, 0) is 10.0 Å². The number of rotatable bonds is 11. The Kier molecular flexibility index (Phi) is 8.77. The highest BCUT2D eigenvalue weighted by molar-refractivity contribution is 7.89. The number of guanidine groups is 1. The average molecular weight is 442 g/mol. The Labute approximate surface area is 179 Å².